The van der Waals surface area contributed by atoms with Crippen molar-refractivity contribution < 1.29 is 19.0 Å². The van der Waals surface area contributed by atoms with Crippen LogP contribution in [0.4, 0.5) is 16.0 Å². The number of rotatable bonds is 5. The second-order valence-electron chi connectivity index (χ2n) is 6.66. The van der Waals surface area contributed by atoms with E-state index in [1.807, 2.05) is 11.5 Å². The fourth-order valence-corrected chi connectivity index (χ4v) is 3.36. The van der Waals surface area contributed by atoms with Crippen LogP contribution in [-0.2, 0) is 4.74 Å². The van der Waals surface area contributed by atoms with E-state index in [0.29, 0.717) is 24.6 Å². The molecular weight excluding hydrogens is 386 g/mol. The topological polar surface area (TPSA) is 115 Å². The van der Waals surface area contributed by atoms with E-state index in [2.05, 4.69) is 25.3 Å². The van der Waals surface area contributed by atoms with Gasteiger partial charge in [-0.2, -0.15) is 0 Å². The van der Waals surface area contributed by atoms with Gasteiger partial charge in [0, 0.05) is 19.3 Å². The van der Waals surface area contributed by atoms with E-state index in [0.717, 1.165) is 24.9 Å². The van der Waals surface area contributed by atoms with E-state index in [9.17, 15) is 9.18 Å². The van der Waals surface area contributed by atoms with Crippen molar-refractivity contribution in [1.29, 1.82) is 0 Å². The molecule has 0 spiro atoms. The molecule has 1 aliphatic heterocycles. The normalized spacial score (nSPS) is 14.2. The average Bonchev–Trinajstić information content (AvgIpc) is 3.11. The molecule has 1 saturated heterocycles. The third kappa shape index (κ3) is 4.51. The Morgan fingerprint density at radius 3 is 2.63 bits per heavy atom. The Morgan fingerprint density at radius 1 is 1.20 bits per heavy atom. The van der Waals surface area contributed by atoms with Gasteiger partial charge >= 0.3 is 24.8 Å². The standard InChI is InChI=1S/C19H19FN6O3.Li.H/c1-11-21-10-16(26(11)13-4-6-29-7-5-13)17-14(20)9-23-19(25-17)24-12-2-3-15(18(27)28)22-8-12;;/h2-3,8-10,13H,4-7H2,1H3,(H,27,28)(H,23,24,25);;. The van der Waals surface area contributed by atoms with Crippen molar-refractivity contribution in [1.82, 2.24) is 24.5 Å². The molecule has 0 aliphatic carbocycles. The number of aromatic nitrogens is 5. The molecule has 4 rings (SSSR count). The molecule has 3 aromatic rings. The van der Waals surface area contributed by atoms with Crippen LogP contribution >= 0.6 is 0 Å². The summed E-state index contributed by atoms with van der Waals surface area (Å²) in [5.74, 6) is -0.715. The zero-order valence-corrected chi connectivity index (χ0v) is 15.7. The first-order valence-electron chi connectivity index (χ1n) is 9.14. The molecule has 1 fully saturated rings. The summed E-state index contributed by atoms with van der Waals surface area (Å²) in [7, 11) is 0. The molecule has 1 aliphatic rings. The molecule has 3 aromatic heterocycles. The van der Waals surface area contributed by atoms with Gasteiger partial charge in [0.1, 0.15) is 17.2 Å². The zero-order chi connectivity index (χ0) is 20.4. The van der Waals surface area contributed by atoms with Crippen molar-refractivity contribution in [3.05, 3.63) is 48.1 Å². The molecule has 0 atom stereocenters. The van der Waals surface area contributed by atoms with E-state index in [1.165, 1.54) is 12.3 Å². The number of ether oxygens (including phenoxy) is 1. The van der Waals surface area contributed by atoms with Crippen LogP contribution < -0.4 is 5.32 Å². The molecule has 152 valence electrons. The van der Waals surface area contributed by atoms with E-state index >= 15 is 0 Å². The Labute approximate surface area is 183 Å². The van der Waals surface area contributed by atoms with Crippen LogP contribution in [0.25, 0.3) is 11.4 Å². The molecule has 0 aromatic carbocycles. The number of halogens is 1. The van der Waals surface area contributed by atoms with Crippen LogP contribution in [0.5, 0.6) is 0 Å². The number of pyridine rings is 1. The third-order valence-corrected chi connectivity index (χ3v) is 4.76. The fourth-order valence-electron chi connectivity index (χ4n) is 3.36. The summed E-state index contributed by atoms with van der Waals surface area (Å²) in [5, 5.41) is 11.8. The Hall–Kier alpha value is -2.80. The van der Waals surface area contributed by atoms with Gasteiger partial charge in [-0.15, -0.1) is 0 Å². The molecule has 0 unspecified atom stereocenters. The molecule has 11 heteroatoms. The summed E-state index contributed by atoms with van der Waals surface area (Å²) in [5.41, 5.74) is 1.13. The summed E-state index contributed by atoms with van der Waals surface area (Å²) >= 11 is 0. The number of nitrogens with one attached hydrogen (secondary N) is 1. The summed E-state index contributed by atoms with van der Waals surface area (Å²) in [6.07, 6.45) is 5.71. The predicted octanol–water partition coefficient (Wildman–Crippen LogP) is 2.33. The number of carbonyl (C=O) groups is 1. The van der Waals surface area contributed by atoms with E-state index in [4.69, 9.17) is 9.84 Å². The molecule has 9 nitrogen and oxygen atoms in total. The first-order valence-corrected chi connectivity index (χ1v) is 9.14. The number of imidazole rings is 1. The van der Waals surface area contributed by atoms with Gasteiger partial charge in [-0.3, -0.25) is 0 Å². The van der Waals surface area contributed by atoms with Gasteiger partial charge < -0.3 is 19.7 Å². The number of carboxylic acid groups (broad SMARTS) is 1. The number of nitrogens with zero attached hydrogens (tertiary/aromatic N) is 5. The molecular formula is C19H20FLiN6O3. The van der Waals surface area contributed by atoms with Gasteiger partial charge in [0.05, 0.1) is 30.0 Å². The van der Waals surface area contributed by atoms with E-state index < -0.39 is 11.8 Å². The Bertz CT molecular complexity index is 1040. The zero-order valence-electron chi connectivity index (χ0n) is 15.7. The van der Waals surface area contributed by atoms with Crippen LogP contribution in [-0.4, -0.2) is 67.7 Å². The predicted molar refractivity (Wildman–Crippen MR) is 109 cm³/mol. The number of aryl methyl sites for hydroxylation is 1. The van der Waals surface area contributed by atoms with Gasteiger partial charge in [-0.05, 0) is 31.9 Å². The molecule has 0 amide bonds. The Kier molecular flexibility index (Phi) is 6.82. The molecule has 0 bridgehead atoms. The second-order valence-corrected chi connectivity index (χ2v) is 6.66. The average molecular weight is 406 g/mol. The molecule has 0 radical (unpaired) electrons. The molecule has 0 saturated carbocycles. The van der Waals surface area contributed by atoms with Crippen LogP contribution in [0.2, 0.25) is 0 Å². The van der Waals surface area contributed by atoms with Crippen LogP contribution in [0, 0.1) is 12.7 Å². The molecule has 30 heavy (non-hydrogen) atoms. The molecule has 2 N–H and O–H groups in total. The minimum atomic E-state index is -1.12. The summed E-state index contributed by atoms with van der Waals surface area (Å²) in [6, 6.07) is 3.07. The van der Waals surface area contributed by atoms with Gasteiger partial charge in [0.25, 0.3) is 0 Å². The van der Waals surface area contributed by atoms with Crippen LogP contribution in [0.3, 0.4) is 0 Å². The van der Waals surface area contributed by atoms with Crippen molar-refractivity contribution in [2.45, 2.75) is 25.8 Å². The number of anilines is 2. The van der Waals surface area contributed by atoms with Crippen molar-refractivity contribution in [3.8, 4) is 11.4 Å². The minimum absolute atomic E-state index is 0. The van der Waals surface area contributed by atoms with Gasteiger partial charge in [0.15, 0.2) is 5.82 Å². The summed E-state index contributed by atoms with van der Waals surface area (Å²) < 4.78 is 22.0. The van der Waals surface area contributed by atoms with Crippen molar-refractivity contribution in [2.75, 3.05) is 18.5 Å². The monoisotopic (exact) mass is 406 g/mol. The Morgan fingerprint density at radius 2 is 1.97 bits per heavy atom. The number of carboxylic acids is 1. The summed E-state index contributed by atoms with van der Waals surface area (Å²) in [6.45, 7) is 3.19. The van der Waals surface area contributed by atoms with Crippen molar-refractivity contribution in [2.24, 2.45) is 0 Å². The SMILES string of the molecule is Cc1ncc(-c2nc(Nc3ccc(C(=O)O)nc3)ncc2F)n1C1CCOCC1.[LiH]. The van der Waals surface area contributed by atoms with Crippen molar-refractivity contribution >= 4 is 36.5 Å². The van der Waals surface area contributed by atoms with Crippen LogP contribution in [0.15, 0.2) is 30.7 Å². The summed E-state index contributed by atoms with van der Waals surface area (Å²) in [4.78, 5) is 27.4. The molecule has 4 heterocycles. The maximum atomic E-state index is 14.6. The third-order valence-electron chi connectivity index (χ3n) is 4.76. The van der Waals surface area contributed by atoms with Crippen LogP contribution in [0.1, 0.15) is 35.2 Å². The Balaban J connectivity index is 0.00000256. The quantitative estimate of drug-likeness (QED) is 0.621. The number of hydrogen-bond acceptors (Lipinski definition) is 7. The number of hydrogen-bond donors (Lipinski definition) is 2. The first kappa shape index (κ1) is 21.9. The number of aromatic carboxylic acids is 1. The first-order chi connectivity index (χ1) is 14.0. The van der Waals surface area contributed by atoms with Gasteiger partial charge in [0.2, 0.25) is 5.95 Å². The fraction of sp³-hybridized carbons (Fsp3) is 0.316. The van der Waals surface area contributed by atoms with E-state index in [-0.39, 0.29) is 42.2 Å². The van der Waals surface area contributed by atoms with Gasteiger partial charge in [-0.1, -0.05) is 0 Å². The van der Waals surface area contributed by atoms with Crippen molar-refractivity contribution in [3.63, 3.8) is 0 Å². The van der Waals surface area contributed by atoms with Gasteiger partial charge in [-0.25, -0.2) is 29.1 Å². The second kappa shape index (κ2) is 9.34. The van der Waals surface area contributed by atoms with E-state index in [1.54, 1.807) is 12.3 Å². The maximum absolute atomic E-state index is 14.6.